The van der Waals surface area contributed by atoms with Crippen LogP contribution in [-0.2, 0) is 11.3 Å². The molecule has 2 N–H and O–H groups in total. The van der Waals surface area contributed by atoms with Gasteiger partial charge in [-0.05, 0) is 36.8 Å². The highest BCUT2D eigenvalue weighted by molar-refractivity contribution is 5.90. The normalized spacial score (nSPS) is 10.2. The van der Waals surface area contributed by atoms with Crippen LogP contribution in [0, 0.1) is 6.92 Å². The Balaban J connectivity index is 1.48. The van der Waals surface area contributed by atoms with Gasteiger partial charge in [0.05, 0.1) is 7.11 Å². The maximum atomic E-state index is 12.0. The lowest BCUT2D eigenvalue weighted by Crippen LogP contribution is -2.21. The highest BCUT2D eigenvalue weighted by atomic mass is 16.5. The standard InChI is InChI=1S/C21H22N4O3/c1-15-7-9-16(10-8-15)13-22-19-11-12-20(25-24-19)23-21(26)14-28-18-6-4-3-5-17(18)27-2/h3-12H,13-14H2,1-2H3,(H,22,24)(H,23,25,26). The molecule has 144 valence electrons. The van der Waals surface area contributed by atoms with E-state index < -0.39 is 0 Å². The number of carbonyl (C=O) groups excluding carboxylic acids is 1. The first-order valence-electron chi connectivity index (χ1n) is 8.83. The molecule has 28 heavy (non-hydrogen) atoms. The van der Waals surface area contributed by atoms with Gasteiger partial charge < -0.3 is 20.1 Å². The zero-order valence-electron chi connectivity index (χ0n) is 15.8. The van der Waals surface area contributed by atoms with Crippen LogP contribution in [0.2, 0.25) is 0 Å². The third kappa shape index (κ3) is 5.44. The smallest absolute Gasteiger partial charge is 0.263 e. The van der Waals surface area contributed by atoms with E-state index in [9.17, 15) is 4.79 Å². The second-order valence-corrected chi connectivity index (χ2v) is 6.13. The van der Waals surface area contributed by atoms with Crippen LogP contribution in [0.5, 0.6) is 11.5 Å². The SMILES string of the molecule is COc1ccccc1OCC(=O)Nc1ccc(NCc2ccc(C)cc2)nn1. The minimum atomic E-state index is -0.333. The van der Waals surface area contributed by atoms with Gasteiger partial charge >= 0.3 is 0 Å². The lowest BCUT2D eigenvalue weighted by atomic mass is 10.1. The lowest BCUT2D eigenvalue weighted by Gasteiger charge is -2.10. The summed E-state index contributed by atoms with van der Waals surface area (Å²) >= 11 is 0. The number of hydrogen-bond donors (Lipinski definition) is 2. The van der Waals surface area contributed by atoms with Gasteiger partial charge in [0, 0.05) is 6.54 Å². The van der Waals surface area contributed by atoms with Crippen molar-refractivity contribution < 1.29 is 14.3 Å². The number of methoxy groups -OCH3 is 1. The molecule has 0 aliphatic rings. The van der Waals surface area contributed by atoms with Crippen LogP contribution in [0.15, 0.2) is 60.7 Å². The van der Waals surface area contributed by atoms with Crippen LogP contribution < -0.4 is 20.1 Å². The van der Waals surface area contributed by atoms with Crippen molar-refractivity contribution in [2.75, 3.05) is 24.4 Å². The van der Waals surface area contributed by atoms with E-state index in [1.807, 2.05) is 12.1 Å². The summed E-state index contributed by atoms with van der Waals surface area (Å²) in [5.41, 5.74) is 2.37. The van der Waals surface area contributed by atoms with Crippen molar-refractivity contribution in [2.45, 2.75) is 13.5 Å². The van der Waals surface area contributed by atoms with Crippen LogP contribution in [0.3, 0.4) is 0 Å². The molecule has 0 spiro atoms. The molecule has 0 aliphatic heterocycles. The van der Waals surface area contributed by atoms with Gasteiger partial charge in [0.1, 0.15) is 5.82 Å². The highest BCUT2D eigenvalue weighted by Gasteiger charge is 2.08. The molecule has 0 aliphatic carbocycles. The Bertz CT molecular complexity index is 912. The number of ether oxygens (including phenoxy) is 2. The maximum Gasteiger partial charge on any atom is 0.263 e. The predicted molar refractivity (Wildman–Crippen MR) is 108 cm³/mol. The number of aromatic nitrogens is 2. The van der Waals surface area contributed by atoms with Crippen LogP contribution in [0.4, 0.5) is 11.6 Å². The molecular weight excluding hydrogens is 356 g/mol. The summed E-state index contributed by atoms with van der Waals surface area (Å²) in [6, 6.07) is 18.8. The molecule has 0 saturated carbocycles. The summed E-state index contributed by atoms with van der Waals surface area (Å²) in [7, 11) is 1.55. The minimum Gasteiger partial charge on any atom is -0.493 e. The van der Waals surface area contributed by atoms with Crippen molar-refractivity contribution in [3.05, 3.63) is 71.8 Å². The second kappa shape index (κ2) is 9.36. The van der Waals surface area contributed by atoms with E-state index in [4.69, 9.17) is 9.47 Å². The number of nitrogens with one attached hydrogen (secondary N) is 2. The van der Waals surface area contributed by atoms with Crippen molar-refractivity contribution in [3.63, 3.8) is 0 Å². The molecule has 0 saturated heterocycles. The van der Waals surface area contributed by atoms with E-state index in [1.54, 1.807) is 31.4 Å². The Hall–Kier alpha value is -3.61. The Morgan fingerprint density at radius 1 is 0.929 bits per heavy atom. The number of hydrogen-bond acceptors (Lipinski definition) is 6. The van der Waals surface area contributed by atoms with Gasteiger partial charge in [0.2, 0.25) is 0 Å². The number of amides is 1. The lowest BCUT2D eigenvalue weighted by molar-refractivity contribution is -0.118. The number of anilines is 2. The van der Waals surface area contributed by atoms with Gasteiger partial charge in [0.25, 0.3) is 5.91 Å². The van der Waals surface area contributed by atoms with Crippen LogP contribution in [0.1, 0.15) is 11.1 Å². The molecule has 0 unspecified atom stereocenters. The molecule has 2 aromatic carbocycles. The fraction of sp³-hybridized carbons (Fsp3) is 0.190. The van der Waals surface area contributed by atoms with Gasteiger partial charge in [-0.2, -0.15) is 0 Å². The molecule has 0 bridgehead atoms. The number of rotatable bonds is 8. The van der Waals surface area contributed by atoms with E-state index in [2.05, 4.69) is 52.0 Å². The average Bonchev–Trinajstić information content (AvgIpc) is 2.73. The first-order valence-corrected chi connectivity index (χ1v) is 8.83. The van der Waals surface area contributed by atoms with Gasteiger partial charge in [-0.15, -0.1) is 10.2 Å². The van der Waals surface area contributed by atoms with E-state index in [-0.39, 0.29) is 12.5 Å². The fourth-order valence-corrected chi connectivity index (χ4v) is 2.45. The molecule has 3 aromatic rings. The molecule has 7 nitrogen and oxygen atoms in total. The third-order valence-corrected chi connectivity index (χ3v) is 3.95. The predicted octanol–water partition coefficient (Wildman–Crippen LogP) is 3.42. The molecule has 0 atom stereocenters. The first-order chi connectivity index (χ1) is 13.6. The van der Waals surface area contributed by atoms with E-state index in [0.29, 0.717) is 29.7 Å². The van der Waals surface area contributed by atoms with Crippen molar-refractivity contribution in [2.24, 2.45) is 0 Å². The summed E-state index contributed by atoms with van der Waals surface area (Å²) in [5, 5.41) is 13.9. The highest BCUT2D eigenvalue weighted by Crippen LogP contribution is 2.25. The minimum absolute atomic E-state index is 0.157. The zero-order chi connectivity index (χ0) is 19.8. The Labute approximate surface area is 163 Å². The largest absolute Gasteiger partial charge is 0.493 e. The van der Waals surface area contributed by atoms with E-state index >= 15 is 0 Å². The number of carbonyl (C=O) groups is 1. The van der Waals surface area contributed by atoms with Gasteiger partial charge in [0.15, 0.2) is 23.9 Å². The summed E-state index contributed by atoms with van der Waals surface area (Å²) in [5.74, 6) is 1.72. The monoisotopic (exact) mass is 378 g/mol. The van der Waals surface area contributed by atoms with Crippen LogP contribution >= 0.6 is 0 Å². The van der Waals surface area contributed by atoms with Gasteiger partial charge in [-0.1, -0.05) is 42.0 Å². The molecule has 0 radical (unpaired) electrons. The number of para-hydroxylation sites is 2. The quantitative estimate of drug-likeness (QED) is 0.625. The Morgan fingerprint density at radius 2 is 1.61 bits per heavy atom. The summed E-state index contributed by atoms with van der Waals surface area (Å²) < 4.78 is 10.7. The van der Waals surface area contributed by atoms with Gasteiger partial charge in [-0.3, -0.25) is 4.79 Å². The Morgan fingerprint density at radius 3 is 2.29 bits per heavy atom. The molecule has 1 amide bonds. The van der Waals surface area contributed by atoms with Crippen LogP contribution in [0.25, 0.3) is 0 Å². The second-order valence-electron chi connectivity index (χ2n) is 6.13. The van der Waals surface area contributed by atoms with Gasteiger partial charge in [-0.25, -0.2) is 0 Å². The molecule has 1 aromatic heterocycles. The molecule has 0 fully saturated rings. The fourth-order valence-electron chi connectivity index (χ4n) is 2.45. The van der Waals surface area contributed by atoms with E-state index in [0.717, 1.165) is 5.56 Å². The number of nitrogens with zero attached hydrogens (tertiary/aromatic N) is 2. The Kier molecular flexibility index (Phi) is 6.41. The molecule has 7 heteroatoms. The third-order valence-electron chi connectivity index (χ3n) is 3.95. The van der Waals surface area contributed by atoms with Crippen LogP contribution in [-0.4, -0.2) is 29.8 Å². The van der Waals surface area contributed by atoms with E-state index in [1.165, 1.54) is 5.56 Å². The summed E-state index contributed by atoms with van der Waals surface area (Å²) in [6.45, 7) is 2.54. The summed E-state index contributed by atoms with van der Waals surface area (Å²) in [6.07, 6.45) is 0. The maximum absolute atomic E-state index is 12.0. The van der Waals surface area contributed by atoms with Crippen molar-refractivity contribution in [1.82, 2.24) is 10.2 Å². The van der Waals surface area contributed by atoms with Crippen molar-refractivity contribution in [3.8, 4) is 11.5 Å². The zero-order valence-corrected chi connectivity index (χ0v) is 15.8. The molecule has 1 heterocycles. The number of aryl methyl sites for hydroxylation is 1. The first kappa shape index (κ1) is 19.2. The average molecular weight is 378 g/mol. The van der Waals surface area contributed by atoms with Crippen molar-refractivity contribution >= 4 is 17.5 Å². The van der Waals surface area contributed by atoms with Crippen molar-refractivity contribution in [1.29, 1.82) is 0 Å². The summed E-state index contributed by atoms with van der Waals surface area (Å²) in [4.78, 5) is 12.0. The molecular formula is C21H22N4O3. The topological polar surface area (TPSA) is 85.4 Å². The molecule has 3 rings (SSSR count). The number of benzene rings is 2.